The van der Waals surface area contributed by atoms with Gasteiger partial charge in [0, 0.05) is 12.5 Å². The highest BCUT2D eigenvalue weighted by Gasteiger charge is 2.20. The molecule has 0 aliphatic heterocycles. The van der Waals surface area contributed by atoms with Gasteiger partial charge in [-0.05, 0) is 25.0 Å². The third-order valence-corrected chi connectivity index (χ3v) is 5.12. The predicted molar refractivity (Wildman–Crippen MR) is 87.2 cm³/mol. The first-order chi connectivity index (χ1) is 10.3. The standard InChI is InChI=1S/C17H20N2OS/c1-2-12-19-14-10-6-7-11-15(14)21-17(19)18-16(20)13-8-4-3-5-9-13/h2,6-7,10-11,13H,1,3-5,8-9,12H2. The Morgan fingerprint density at radius 3 is 2.86 bits per heavy atom. The van der Waals surface area contributed by atoms with Crippen molar-refractivity contribution in [3.05, 3.63) is 41.7 Å². The molecule has 0 saturated heterocycles. The maximum Gasteiger partial charge on any atom is 0.251 e. The molecule has 0 radical (unpaired) electrons. The minimum Gasteiger partial charge on any atom is -0.313 e. The zero-order valence-corrected chi connectivity index (χ0v) is 12.9. The van der Waals surface area contributed by atoms with E-state index in [2.05, 4.69) is 28.3 Å². The molecule has 2 aromatic rings. The van der Waals surface area contributed by atoms with E-state index in [1.54, 1.807) is 11.3 Å². The molecule has 3 nitrogen and oxygen atoms in total. The lowest BCUT2D eigenvalue weighted by atomic mass is 9.89. The third kappa shape index (κ3) is 3.00. The van der Waals surface area contributed by atoms with Gasteiger partial charge in [0.05, 0.1) is 10.2 Å². The maximum absolute atomic E-state index is 12.4. The molecule has 0 atom stereocenters. The van der Waals surface area contributed by atoms with Crippen molar-refractivity contribution in [3.8, 4) is 0 Å². The topological polar surface area (TPSA) is 34.4 Å². The summed E-state index contributed by atoms with van der Waals surface area (Å²) < 4.78 is 3.24. The van der Waals surface area contributed by atoms with Crippen LogP contribution in [0, 0.1) is 5.92 Å². The number of hydrogen-bond acceptors (Lipinski definition) is 2. The van der Waals surface area contributed by atoms with Crippen LogP contribution in [-0.4, -0.2) is 10.5 Å². The zero-order valence-electron chi connectivity index (χ0n) is 12.1. The van der Waals surface area contributed by atoms with Crippen LogP contribution in [0.1, 0.15) is 32.1 Å². The average Bonchev–Trinajstić information content (AvgIpc) is 2.86. The molecule has 0 N–H and O–H groups in total. The minimum atomic E-state index is 0.0547. The number of fused-ring (bicyclic) bond motifs is 1. The van der Waals surface area contributed by atoms with Gasteiger partial charge >= 0.3 is 0 Å². The number of benzene rings is 1. The Kier molecular flexibility index (Phi) is 4.34. The highest BCUT2D eigenvalue weighted by Crippen LogP contribution is 2.24. The average molecular weight is 300 g/mol. The van der Waals surface area contributed by atoms with E-state index in [1.165, 1.54) is 6.42 Å². The van der Waals surface area contributed by atoms with E-state index in [0.29, 0.717) is 6.54 Å². The van der Waals surface area contributed by atoms with Crippen molar-refractivity contribution in [1.82, 2.24) is 4.57 Å². The van der Waals surface area contributed by atoms with Gasteiger partial charge in [-0.2, -0.15) is 4.99 Å². The van der Waals surface area contributed by atoms with Crippen LogP contribution in [0.15, 0.2) is 41.9 Å². The van der Waals surface area contributed by atoms with E-state index in [4.69, 9.17) is 0 Å². The molecule has 4 heteroatoms. The summed E-state index contributed by atoms with van der Waals surface area (Å²) in [6.07, 6.45) is 7.41. The van der Waals surface area contributed by atoms with Crippen LogP contribution in [0.3, 0.4) is 0 Å². The van der Waals surface area contributed by atoms with Gasteiger partial charge in [0.25, 0.3) is 5.91 Å². The molecule has 1 heterocycles. The molecular weight excluding hydrogens is 280 g/mol. The van der Waals surface area contributed by atoms with Gasteiger partial charge in [-0.15, -0.1) is 6.58 Å². The summed E-state index contributed by atoms with van der Waals surface area (Å²) in [6.45, 7) is 4.49. The summed E-state index contributed by atoms with van der Waals surface area (Å²) >= 11 is 1.58. The fourth-order valence-electron chi connectivity index (χ4n) is 2.95. The number of thiazole rings is 1. The molecule has 1 aromatic carbocycles. The SMILES string of the molecule is C=CCn1c(=NC(=O)C2CCCCC2)sc2ccccc21. The van der Waals surface area contributed by atoms with E-state index in [1.807, 2.05) is 18.2 Å². The zero-order chi connectivity index (χ0) is 14.7. The van der Waals surface area contributed by atoms with E-state index in [9.17, 15) is 4.79 Å². The van der Waals surface area contributed by atoms with Crippen molar-refractivity contribution >= 4 is 27.5 Å². The molecule has 0 spiro atoms. The fourth-order valence-corrected chi connectivity index (χ4v) is 3.99. The highest BCUT2D eigenvalue weighted by molar-refractivity contribution is 7.16. The van der Waals surface area contributed by atoms with Crippen LogP contribution >= 0.6 is 11.3 Å². The molecule has 3 rings (SSSR count). The van der Waals surface area contributed by atoms with Crippen LogP contribution in [-0.2, 0) is 11.3 Å². The summed E-state index contributed by atoms with van der Waals surface area (Å²) in [5, 5.41) is 0. The Hall–Kier alpha value is -1.68. The smallest absolute Gasteiger partial charge is 0.251 e. The Bertz CT molecular complexity index is 720. The number of hydrogen-bond donors (Lipinski definition) is 0. The Morgan fingerprint density at radius 1 is 1.33 bits per heavy atom. The Balaban J connectivity index is 2.01. The fraction of sp³-hybridized carbons (Fsp3) is 0.412. The number of carbonyl (C=O) groups excluding carboxylic acids is 1. The van der Waals surface area contributed by atoms with Crippen molar-refractivity contribution in [2.75, 3.05) is 0 Å². The van der Waals surface area contributed by atoms with Crippen molar-refractivity contribution in [2.24, 2.45) is 10.9 Å². The minimum absolute atomic E-state index is 0.0547. The lowest BCUT2D eigenvalue weighted by Gasteiger charge is -2.17. The van der Waals surface area contributed by atoms with Crippen molar-refractivity contribution < 1.29 is 4.79 Å². The first kappa shape index (κ1) is 14.3. The largest absolute Gasteiger partial charge is 0.313 e. The Morgan fingerprint density at radius 2 is 2.10 bits per heavy atom. The molecule has 21 heavy (non-hydrogen) atoms. The monoisotopic (exact) mass is 300 g/mol. The molecule has 1 fully saturated rings. The molecule has 1 aromatic heterocycles. The molecule has 0 bridgehead atoms. The molecule has 1 aliphatic rings. The molecule has 110 valence electrons. The van der Waals surface area contributed by atoms with Crippen LogP contribution in [0.2, 0.25) is 0 Å². The van der Waals surface area contributed by atoms with Crippen LogP contribution in [0.5, 0.6) is 0 Å². The number of nitrogens with zero attached hydrogens (tertiary/aromatic N) is 2. The van der Waals surface area contributed by atoms with Crippen LogP contribution in [0.4, 0.5) is 0 Å². The normalized spacial score (nSPS) is 17.2. The van der Waals surface area contributed by atoms with E-state index in [0.717, 1.165) is 40.7 Å². The number of para-hydroxylation sites is 1. The lowest BCUT2D eigenvalue weighted by molar-refractivity contribution is -0.122. The quantitative estimate of drug-likeness (QED) is 0.792. The second-order valence-electron chi connectivity index (χ2n) is 5.54. The van der Waals surface area contributed by atoms with Gasteiger partial charge < -0.3 is 4.57 Å². The lowest BCUT2D eigenvalue weighted by Crippen LogP contribution is -2.21. The van der Waals surface area contributed by atoms with E-state index < -0.39 is 0 Å². The van der Waals surface area contributed by atoms with Gasteiger partial charge in [-0.3, -0.25) is 4.79 Å². The van der Waals surface area contributed by atoms with Gasteiger partial charge in [0.15, 0.2) is 4.80 Å². The number of allylic oxidation sites excluding steroid dienone is 1. The number of rotatable bonds is 3. The highest BCUT2D eigenvalue weighted by atomic mass is 32.1. The van der Waals surface area contributed by atoms with Crippen LogP contribution < -0.4 is 4.80 Å². The molecule has 1 amide bonds. The summed E-state index contributed by atoms with van der Waals surface area (Å²) in [5.74, 6) is 0.181. The van der Waals surface area contributed by atoms with Crippen molar-refractivity contribution in [1.29, 1.82) is 0 Å². The first-order valence-corrected chi connectivity index (χ1v) is 8.39. The van der Waals surface area contributed by atoms with Crippen LogP contribution in [0.25, 0.3) is 10.2 Å². The summed E-state index contributed by atoms with van der Waals surface area (Å²) in [7, 11) is 0. The summed E-state index contributed by atoms with van der Waals surface area (Å²) in [5.41, 5.74) is 1.12. The number of carbonyl (C=O) groups is 1. The van der Waals surface area contributed by atoms with E-state index >= 15 is 0 Å². The third-order valence-electron chi connectivity index (χ3n) is 4.06. The molecule has 1 saturated carbocycles. The van der Waals surface area contributed by atoms with Gasteiger partial charge in [0.1, 0.15) is 0 Å². The molecule has 1 aliphatic carbocycles. The summed E-state index contributed by atoms with van der Waals surface area (Å²) in [4.78, 5) is 17.6. The predicted octanol–water partition coefficient (Wildman–Crippen LogP) is 3.90. The summed E-state index contributed by atoms with van der Waals surface area (Å²) in [6, 6.07) is 8.17. The van der Waals surface area contributed by atoms with Gasteiger partial charge in [0.2, 0.25) is 0 Å². The van der Waals surface area contributed by atoms with E-state index in [-0.39, 0.29) is 11.8 Å². The van der Waals surface area contributed by atoms with Gasteiger partial charge in [-0.1, -0.05) is 48.8 Å². The van der Waals surface area contributed by atoms with Crippen molar-refractivity contribution in [3.63, 3.8) is 0 Å². The van der Waals surface area contributed by atoms with Gasteiger partial charge in [-0.25, -0.2) is 0 Å². The van der Waals surface area contributed by atoms with Crippen molar-refractivity contribution in [2.45, 2.75) is 38.6 Å². The maximum atomic E-state index is 12.4. The molecular formula is C17H20N2OS. The second kappa shape index (κ2) is 6.39. The number of amides is 1. The molecule has 0 unspecified atom stereocenters. The number of aromatic nitrogens is 1. The Labute approximate surface area is 128 Å². The second-order valence-corrected chi connectivity index (χ2v) is 6.55. The first-order valence-electron chi connectivity index (χ1n) is 7.57.